The van der Waals surface area contributed by atoms with Crippen LogP contribution in [-0.4, -0.2) is 30.3 Å². The lowest BCUT2D eigenvalue weighted by Gasteiger charge is -2.08. The number of nitrogens with zero attached hydrogens (tertiary/aromatic N) is 3. The Morgan fingerprint density at radius 1 is 1.14 bits per heavy atom. The van der Waals surface area contributed by atoms with Crippen molar-refractivity contribution in [3.05, 3.63) is 47.9 Å². The van der Waals surface area contributed by atoms with Gasteiger partial charge in [0.05, 0.1) is 6.61 Å². The number of benzene rings is 1. The molecule has 2 aromatic rings. The molecule has 0 aliphatic rings. The molecular weight excluding hydrogens is 268 g/mol. The van der Waals surface area contributed by atoms with Gasteiger partial charge in [-0.3, -0.25) is 0 Å². The fraction of sp³-hybridized carbons (Fsp3) is 0.267. The summed E-state index contributed by atoms with van der Waals surface area (Å²) in [5.41, 5.74) is 1.35. The molecule has 1 heterocycles. The average Bonchev–Trinajstić information content (AvgIpc) is 2.54. The lowest BCUT2D eigenvalue weighted by Crippen LogP contribution is -2.05. The number of ether oxygens (including phenoxy) is 2. The SMILES string of the molecule is COCCOc1ccc(CNc2nccnc2C#N)cc1. The minimum atomic E-state index is 0.289. The van der Waals surface area contributed by atoms with E-state index in [-0.39, 0.29) is 5.69 Å². The Morgan fingerprint density at radius 2 is 1.90 bits per heavy atom. The van der Waals surface area contributed by atoms with Gasteiger partial charge in [0.15, 0.2) is 11.5 Å². The molecule has 0 aliphatic heterocycles. The number of aromatic nitrogens is 2. The fourth-order valence-electron chi connectivity index (χ4n) is 1.68. The van der Waals surface area contributed by atoms with Crippen LogP contribution in [0.15, 0.2) is 36.7 Å². The molecule has 0 spiro atoms. The van der Waals surface area contributed by atoms with Crippen LogP contribution >= 0.6 is 0 Å². The molecule has 0 atom stereocenters. The lowest BCUT2D eigenvalue weighted by molar-refractivity contribution is 0.146. The van der Waals surface area contributed by atoms with Crippen LogP contribution in [0.1, 0.15) is 11.3 Å². The van der Waals surface area contributed by atoms with Crippen molar-refractivity contribution in [2.45, 2.75) is 6.54 Å². The highest BCUT2D eigenvalue weighted by molar-refractivity contribution is 5.47. The minimum Gasteiger partial charge on any atom is -0.491 e. The summed E-state index contributed by atoms with van der Waals surface area (Å²) in [4.78, 5) is 8.04. The van der Waals surface area contributed by atoms with E-state index >= 15 is 0 Å². The lowest BCUT2D eigenvalue weighted by atomic mass is 10.2. The van der Waals surface area contributed by atoms with Gasteiger partial charge in [0.2, 0.25) is 0 Å². The molecule has 6 nitrogen and oxygen atoms in total. The van der Waals surface area contributed by atoms with Crippen LogP contribution in [0.3, 0.4) is 0 Å². The Hall–Kier alpha value is -2.65. The molecule has 0 saturated heterocycles. The van der Waals surface area contributed by atoms with E-state index in [1.165, 1.54) is 6.20 Å². The van der Waals surface area contributed by atoms with E-state index in [2.05, 4.69) is 15.3 Å². The summed E-state index contributed by atoms with van der Waals surface area (Å²) < 4.78 is 10.4. The number of anilines is 1. The maximum atomic E-state index is 8.94. The van der Waals surface area contributed by atoms with E-state index in [1.54, 1.807) is 13.3 Å². The number of nitrogens with one attached hydrogen (secondary N) is 1. The second-order valence-corrected chi connectivity index (χ2v) is 4.20. The smallest absolute Gasteiger partial charge is 0.182 e. The quantitative estimate of drug-likeness (QED) is 0.783. The third kappa shape index (κ3) is 4.44. The summed E-state index contributed by atoms with van der Waals surface area (Å²) in [6.07, 6.45) is 3.05. The third-order valence-electron chi connectivity index (χ3n) is 2.74. The Morgan fingerprint density at radius 3 is 2.62 bits per heavy atom. The molecule has 1 N–H and O–H groups in total. The van der Waals surface area contributed by atoms with Crippen molar-refractivity contribution in [3.63, 3.8) is 0 Å². The van der Waals surface area contributed by atoms with Crippen molar-refractivity contribution in [2.75, 3.05) is 25.6 Å². The Balaban J connectivity index is 1.90. The number of hydrogen-bond donors (Lipinski definition) is 1. The molecule has 108 valence electrons. The van der Waals surface area contributed by atoms with Gasteiger partial charge in [-0.2, -0.15) is 5.26 Å². The summed E-state index contributed by atoms with van der Waals surface area (Å²) >= 11 is 0. The largest absolute Gasteiger partial charge is 0.491 e. The predicted molar refractivity (Wildman–Crippen MR) is 77.9 cm³/mol. The van der Waals surface area contributed by atoms with Crippen LogP contribution in [0.2, 0.25) is 0 Å². The van der Waals surface area contributed by atoms with E-state index in [4.69, 9.17) is 14.7 Å². The van der Waals surface area contributed by atoms with Crippen molar-refractivity contribution in [1.82, 2.24) is 9.97 Å². The van der Waals surface area contributed by atoms with Crippen molar-refractivity contribution in [3.8, 4) is 11.8 Å². The fourth-order valence-corrected chi connectivity index (χ4v) is 1.68. The number of hydrogen-bond acceptors (Lipinski definition) is 6. The first-order valence-electron chi connectivity index (χ1n) is 6.49. The van der Waals surface area contributed by atoms with Gasteiger partial charge in [0, 0.05) is 26.0 Å². The maximum Gasteiger partial charge on any atom is 0.182 e. The average molecular weight is 284 g/mol. The van der Waals surface area contributed by atoms with Crippen molar-refractivity contribution < 1.29 is 9.47 Å². The van der Waals surface area contributed by atoms with Gasteiger partial charge in [0.1, 0.15) is 18.4 Å². The topological polar surface area (TPSA) is 80.1 Å². The maximum absolute atomic E-state index is 8.94. The molecule has 1 aromatic heterocycles. The number of methoxy groups -OCH3 is 1. The molecule has 1 aromatic carbocycles. The van der Waals surface area contributed by atoms with Crippen LogP contribution in [-0.2, 0) is 11.3 Å². The van der Waals surface area contributed by atoms with Gasteiger partial charge < -0.3 is 14.8 Å². The molecule has 0 radical (unpaired) electrons. The van der Waals surface area contributed by atoms with Crippen LogP contribution < -0.4 is 10.1 Å². The zero-order valence-corrected chi connectivity index (χ0v) is 11.7. The standard InChI is InChI=1S/C15H16N4O2/c1-20-8-9-21-13-4-2-12(3-5-13)11-19-15-14(10-16)17-6-7-18-15/h2-7H,8-9,11H2,1H3,(H,18,19). The molecule has 0 fully saturated rings. The highest BCUT2D eigenvalue weighted by Crippen LogP contribution is 2.14. The number of rotatable bonds is 7. The van der Waals surface area contributed by atoms with Crippen LogP contribution in [0, 0.1) is 11.3 Å². The zero-order valence-electron chi connectivity index (χ0n) is 11.7. The summed E-state index contributed by atoms with van der Waals surface area (Å²) in [6, 6.07) is 9.71. The van der Waals surface area contributed by atoms with Crippen molar-refractivity contribution in [1.29, 1.82) is 5.26 Å². The highest BCUT2D eigenvalue weighted by atomic mass is 16.5. The number of nitriles is 1. The zero-order chi connectivity index (χ0) is 14.9. The van der Waals surface area contributed by atoms with Crippen LogP contribution in [0.25, 0.3) is 0 Å². The molecule has 0 amide bonds. The normalized spacial score (nSPS) is 9.90. The molecule has 0 saturated carbocycles. The minimum absolute atomic E-state index is 0.289. The Labute approximate surface area is 123 Å². The molecule has 21 heavy (non-hydrogen) atoms. The summed E-state index contributed by atoms with van der Waals surface area (Å²) in [7, 11) is 1.64. The molecule has 2 rings (SSSR count). The first kappa shape index (κ1) is 14.8. The predicted octanol–water partition coefficient (Wildman–Crippen LogP) is 1.99. The van der Waals surface area contributed by atoms with Gasteiger partial charge in [-0.1, -0.05) is 12.1 Å². The molecule has 0 aliphatic carbocycles. The molecular formula is C15H16N4O2. The van der Waals surface area contributed by atoms with Crippen LogP contribution in [0.4, 0.5) is 5.82 Å². The Bertz CT molecular complexity index is 608. The second kappa shape index (κ2) is 7.82. The van der Waals surface area contributed by atoms with E-state index in [9.17, 15) is 0 Å². The van der Waals surface area contributed by atoms with E-state index in [1.807, 2.05) is 30.3 Å². The van der Waals surface area contributed by atoms with Gasteiger partial charge in [-0.05, 0) is 17.7 Å². The third-order valence-corrected chi connectivity index (χ3v) is 2.74. The summed E-state index contributed by atoms with van der Waals surface area (Å²) in [6.45, 7) is 1.65. The molecule has 6 heteroatoms. The van der Waals surface area contributed by atoms with Crippen LogP contribution in [0.5, 0.6) is 5.75 Å². The molecule has 0 bridgehead atoms. The van der Waals surface area contributed by atoms with E-state index in [0.717, 1.165) is 11.3 Å². The van der Waals surface area contributed by atoms with E-state index < -0.39 is 0 Å². The van der Waals surface area contributed by atoms with Gasteiger partial charge >= 0.3 is 0 Å². The monoisotopic (exact) mass is 284 g/mol. The first-order valence-corrected chi connectivity index (χ1v) is 6.49. The first-order chi connectivity index (χ1) is 10.3. The van der Waals surface area contributed by atoms with E-state index in [0.29, 0.717) is 25.6 Å². The van der Waals surface area contributed by atoms with Gasteiger partial charge in [-0.15, -0.1) is 0 Å². The Kier molecular flexibility index (Phi) is 5.50. The molecule has 0 unspecified atom stereocenters. The highest BCUT2D eigenvalue weighted by Gasteiger charge is 2.03. The van der Waals surface area contributed by atoms with Crippen molar-refractivity contribution in [2.24, 2.45) is 0 Å². The second-order valence-electron chi connectivity index (χ2n) is 4.20. The summed E-state index contributed by atoms with van der Waals surface area (Å²) in [5, 5.41) is 12.0. The van der Waals surface area contributed by atoms with Gasteiger partial charge in [0.25, 0.3) is 0 Å². The summed E-state index contributed by atoms with van der Waals surface area (Å²) in [5.74, 6) is 1.29. The van der Waals surface area contributed by atoms with Gasteiger partial charge in [-0.25, -0.2) is 9.97 Å². The van der Waals surface area contributed by atoms with Crippen molar-refractivity contribution >= 4 is 5.82 Å².